The van der Waals surface area contributed by atoms with E-state index < -0.39 is 11.7 Å². The van der Waals surface area contributed by atoms with Gasteiger partial charge in [0.15, 0.2) is 5.78 Å². The van der Waals surface area contributed by atoms with Crippen molar-refractivity contribution in [2.24, 2.45) is 0 Å². The maximum Gasteiger partial charge on any atom is 0.416 e. The quantitative estimate of drug-likeness (QED) is 0.775. The molecule has 100 valence electrons. The third-order valence-electron chi connectivity index (χ3n) is 3.67. The van der Waals surface area contributed by atoms with Gasteiger partial charge in [-0.05, 0) is 31.0 Å². The van der Waals surface area contributed by atoms with E-state index in [1.165, 1.54) is 6.07 Å². The van der Waals surface area contributed by atoms with E-state index in [2.05, 4.69) is 0 Å². The summed E-state index contributed by atoms with van der Waals surface area (Å²) in [7, 11) is 0. The van der Waals surface area contributed by atoms with E-state index >= 15 is 0 Å². The summed E-state index contributed by atoms with van der Waals surface area (Å²) in [5.74, 6) is 0.143. The van der Waals surface area contributed by atoms with Gasteiger partial charge in [0.2, 0.25) is 0 Å². The number of nitrogens with zero attached hydrogens (tertiary/aromatic N) is 1. The maximum absolute atomic E-state index is 12.7. The van der Waals surface area contributed by atoms with Crippen LogP contribution < -0.4 is 4.90 Å². The molecular formula is C14H12F3NO. The highest BCUT2D eigenvalue weighted by molar-refractivity contribution is 6.00. The average Bonchev–Trinajstić information content (AvgIpc) is 2.92. The largest absolute Gasteiger partial charge is 0.416 e. The highest BCUT2D eigenvalue weighted by Gasteiger charge is 2.34. The molecule has 2 aliphatic rings. The highest BCUT2D eigenvalue weighted by atomic mass is 19.4. The summed E-state index contributed by atoms with van der Waals surface area (Å²) < 4.78 is 38.1. The molecule has 0 bridgehead atoms. The molecule has 5 heteroatoms. The maximum atomic E-state index is 12.7. The van der Waals surface area contributed by atoms with Gasteiger partial charge in [-0.15, -0.1) is 0 Å². The summed E-state index contributed by atoms with van der Waals surface area (Å²) in [6.07, 6.45) is -2.56. The minimum Gasteiger partial charge on any atom is -0.344 e. The van der Waals surface area contributed by atoms with E-state index in [9.17, 15) is 18.0 Å². The van der Waals surface area contributed by atoms with Gasteiger partial charge < -0.3 is 4.90 Å². The first-order valence-electron chi connectivity index (χ1n) is 6.17. The predicted molar refractivity (Wildman–Crippen MR) is 64.7 cm³/mol. The molecule has 0 atom stereocenters. The molecule has 1 aromatic carbocycles. The Morgan fingerprint density at radius 2 is 1.89 bits per heavy atom. The van der Waals surface area contributed by atoms with Gasteiger partial charge in [0.25, 0.3) is 0 Å². The molecule has 0 fully saturated rings. The zero-order chi connectivity index (χ0) is 13.6. The molecule has 1 heterocycles. The second kappa shape index (κ2) is 4.11. The Morgan fingerprint density at radius 3 is 2.63 bits per heavy atom. The molecule has 1 aromatic rings. The molecule has 1 aliphatic heterocycles. The van der Waals surface area contributed by atoms with Crippen molar-refractivity contribution in [3.63, 3.8) is 0 Å². The number of carbonyl (C=O) groups is 1. The van der Waals surface area contributed by atoms with Crippen LogP contribution in [0.1, 0.15) is 24.8 Å². The fourth-order valence-electron chi connectivity index (χ4n) is 2.77. The van der Waals surface area contributed by atoms with E-state index in [1.807, 2.05) is 4.90 Å². The topological polar surface area (TPSA) is 20.3 Å². The Morgan fingerprint density at radius 1 is 1.11 bits per heavy atom. The Balaban J connectivity index is 1.96. The number of allylic oxidation sites excluding steroid dienone is 1. The molecular weight excluding hydrogens is 255 g/mol. The number of Topliss-reactive ketones (excluding diaryl/α,β-unsaturated/α-hetero) is 1. The van der Waals surface area contributed by atoms with Crippen LogP contribution in [0.4, 0.5) is 18.9 Å². The summed E-state index contributed by atoms with van der Waals surface area (Å²) >= 11 is 0. The lowest BCUT2D eigenvalue weighted by atomic mass is 10.1. The first kappa shape index (κ1) is 12.3. The van der Waals surface area contributed by atoms with Gasteiger partial charge in [0.05, 0.1) is 5.56 Å². The van der Waals surface area contributed by atoms with Crippen molar-refractivity contribution in [3.8, 4) is 0 Å². The van der Waals surface area contributed by atoms with Crippen molar-refractivity contribution < 1.29 is 18.0 Å². The number of alkyl halides is 3. The number of halogens is 3. The van der Waals surface area contributed by atoms with E-state index in [0.717, 1.165) is 23.4 Å². The molecule has 19 heavy (non-hydrogen) atoms. The molecule has 1 aliphatic carbocycles. The second-order valence-electron chi connectivity index (χ2n) is 4.80. The fraction of sp³-hybridized carbons (Fsp3) is 0.357. The molecule has 0 unspecified atom stereocenters. The third-order valence-corrected chi connectivity index (χ3v) is 3.67. The van der Waals surface area contributed by atoms with Crippen molar-refractivity contribution in [1.82, 2.24) is 0 Å². The Labute approximate surface area is 108 Å². The van der Waals surface area contributed by atoms with Gasteiger partial charge in [-0.25, -0.2) is 0 Å². The Bertz CT molecular complexity index is 574. The monoisotopic (exact) mass is 267 g/mol. The minimum absolute atomic E-state index is 0.143. The summed E-state index contributed by atoms with van der Waals surface area (Å²) in [6, 6.07) is 5.29. The minimum atomic E-state index is -4.33. The zero-order valence-corrected chi connectivity index (χ0v) is 10.1. The van der Waals surface area contributed by atoms with Crippen LogP contribution in [0, 0.1) is 0 Å². The number of benzene rings is 1. The number of hydrogen-bond acceptors (Lipinski definition) is 2. The molecule has 0 amide bonds. The van der Waals surface area contributed by atoms with Crippen molar-refractivity contribution in [2.45, 2.75) is 25.4 Å². The van der Waals surface area contributed by atoms with Gasteiger partial charge in [-0.2, -0.15) is 13.2 Å². The molecule has 3 rings (SSSR count). The zero-order valence-electron chi connectivity index (χ0n) is 10.1. The molecule has 0 aromatic heterocycles. The first-order valence-corrected chi connectivity index (χ1v) is 6.17. The number of ketones is 1. The SMILES string of the molecule is O=C1CCC2=C1CCN2c1cccc(C(F)(F)F)c1. The number of anilines is 1. The second-order valence-corrected chi connectivity index (χ2v) is 4.80. The number of carbonyl (C=O) groups excluding carboxylic acids is 1. The van der Waals surface area contributed by atoms with Crippen LogP contribution in [-0.4, -0.2) is 12.3 Å². The van der Waals surface area contributed by atoms with Crippen LogP contribution in [0.2, 0.25) is 0 Å². The molecule has 0 radical (unpaired) electrons. The van der Waals surface area contributed by atoms with Gasteiger partial charge in [0.1, 0.15) is 0 Å². The van der Waals surface area contributed by atoms with Gasteiger partial charge in [-0.1, -0.05) is 6.07 Å². The van der Waals surface area contributed by atoms with Crippen LogP contribution in [0.25, 0.3) is 0 Å². The number of hydrogen-bond donors (Lipinski definition) is 0. The Hall–Kier alpha value is -1.78. The van der Waals surface area contributed by atoms with Crippen LogP contribution in [0.15, 0.2) is 35.5 Å². The molecule has 0 N–H and O–H groups in total. The number of rotatable bonds is 1. The van der Waals surface area contributed by atoms with Gasteiger partial charge >= 0.3 is 6.18 Å². The van der Waals surface area contributed by atoms with Crippen LogP contribution >= 0.6 is 0 Å². The first-order chi connectivity index (χ1) is 8.97. The smallest absolute Gasteiger partial charge is 0.344 e. The summed E-state index contributed by atoms with van der Waals surface area (Å²) in [5, 5.41) is 0. The summed E-state index contributed by atoms with van der Waals surface area (Å²) in [6.45, 7) is 0.595. The Kier molecular flexibility index (Phi) is 2.66. The molecule has 0 spiro atoms. The molecule has 0 saturated heterocycles. The lowest BCUT2D eigenvalue weighted by molar-refractivity contribution is -0.137. The average molecular weight is 267 g/mol. The van der Waals surface area contributed by atoms with Crippen molar-refractivity contribution in [3.05, 3.63) is 41.1 Å². The van der Waals surface area contributed by atoms with E-state index in [4.69, 9.17) is 0 Å². The van der Waals surface area contributed by atoms with Crippen molar-refractivity contribution in [1.29, 1.82) is 0 Å². The third kappa shape index (κ3) is 2.03. The van der Waals surface area contributed by atoms with E-state index in [0.29, 0.717) is 31.5 Å². The van der Waals surface area contributed by atoms with Gasteiger partial charge in [-0.3, -0.25) is 4.79 Å². The van der Waals surface area contributed by atoms with E-state index in [-0.39, 0.29) is 5.78 Å². The molecule has 0 saturated carbocycles. The van der Waals surface area contributed by atoms with Gasteiger partial charge in [0, 0.05) is 29.9 Å². The van der Waals surface area contributed by atoms with Crippen LogP contribution in [0.3, 0.4) is 0 Å². The fourth-order valence-corrected chi connectivity index (χ4v) is 2.77. The van der Waals surface area contributed by atoms with Crippen molar-refractivity contribution >= 4 is 11.5 Å². The van der Waals surface area contributed by atoms with E-state index in [1.54, 1.807) is 6.07 Å². The summed E-state index contributed by atoms with van der Waals surface area (Å²) in [4.78, 5) is 13.4. The van der Waals surface area contributed by atoms with Crippen molar-refractivity contribution in [2.75, 3.05) is 11.4 Å². The summed E-state index contributed by atoms with van der Waals surface area (Å²) in [5.41, 5.74) is 1.58. The van der Waals surface area contributed by atoms with Crippen LogP contribution in [-0.2, 0) is 11.0 Å². The lowest BCUT2D eigenvalue weighted by Gasteiger charge is -2.22. The highest BCUT2D eigenvalue weighted by Crippen LogP contribution is 2.39. The normalized spacial score (nSPS) is 19.3. The lowest BCUT2D eigenvalue weighted by Crippen LogP contribution is -2.19. The molecule has 2 nitrogen and oxygen atoms in total. The predicted octanol–water partition coefficient (Wildman–Crippen LogP) is 3.53. The van der Waals surface area contributed by atoms with Crippen LogP contribution in [0.5, 0.6) is 0 Å². The standard InChI is InChI=1S/C14H12F3NO/c15-14(16,17)9-2-1-3-10(8-9)18-7-6-11-12(18)4-5-13(11)19/h1-3,8H,4-7H2.